The molecule has 2 aliphatic heterocycles. The minimum atomic E-state index is -1.75. The van der Waals surface area contributed by atoms with E-state index in [4.69, 9.17) is 9.47 Å². The predicted molar refractivity (Wildman–Crippen MR) is 297 cm³/mol. The molecule has 4 aliphatic rings. The number of fused-ring (bicyclic) bond motifs is 6. The van der Waals surface area contributed by atoms with Gasteiger partial charge in [0.2, 0.25) is 35.4 Å². The van der Waals surface area contributed by atoms with E-state index in [1.54, 1.807) is 62.4 Å². The molecule has 26 heteroatoms. The number of benzene rings is 2. The van der Waals surface area contributed by atoms with Crippen LogP contribution in [-0.2, 0) is 47.8 Å². The fourth-order valence-corrected chi connectivity index (χ4v) is 13.9. The summed E-state index contributed by atoms with van der Waals surface area (Å²) in [4.78, 5) is 159. The second-order valence-electron chi connectivity index (χ2n) is 21.4. The Kier molecular flexibility index (Phi) is 17.1. The molecule has 8 amide bonds. The van der Waals surface area contributed by atoms with E-state index >= 15 is 9.59 Å². The molecule has 2 saturated carbocycles. The third kappa shape index (κ3) is 11.6. The molecule has 2 aromatic heterocycles. The van der Waals surface area contributed by atoms with Gasteiger partial charge in [0, 0.05) is 50.0 Å². The van der Waals surface area contributed by atoms with Gasteiger partial charge in [-0.2, -0.15) is 0 Å². The molecule has 6 N–H and O–H groups in total. The van der Waals surface area contributed by atoms with Gasteiger partial charge in [-0.15, -0.1) is 23.5 Å². The lowest BCUT2D eigenvalue weighted by molar-refractivity contribution is -0.161. The number of amides is 8. The van der Waals surface area contributed by atoms with Gasteiger partial charge < -0.3 is 60.6 Å². The summed E-state index contributed by atoms with van der Waals surface area (Å²) in [6.07, 6.45) is 0.139. The van der Waals surface area contributed by atoms with Gasteiger partial charge in [-0.05, 0) is 62.8 Å². The molecule has 0 unspecified atom stereocenters. The topological polar surface area (TPSA) is 316 Å². The van der Waals surface area contributed by atoms with Crippen LogP contribution in [0.25, 0.3) is 21.8 Å². The summed E-state index contributed by atoms with van der Waals surface area (Å²) in [5, 5.41) is 32.7. The first-order chi connectivity index (χ1) is 38.2. The molecule has 8 rings (SSSR count). The highest BCUT2D eigenvalue weighted by Gasteiger charge is 2.66. The number of hydrogen-bond acceptors (Lipinski definition) is 18. The van der Waals surface area contributed by atoms with Crippen LogP contribution < -0.4 is 21.3 Å². The third-order valence-corrected chi connectivity index (χ3v) is 18.5. The molecule has 4 heterocycles. The SMILES string of the molecule is CC(C)S[C@H]1SC[C@H]2C(=O)N(C)[C@]3(C[C@@H]3C)C(=O)OC[C@@H](NC(=O)c3nc4ccccc4cc3O)C(=O)N[C@@H](C)C(=O)N(C)[C@@H]1C(=O)N(C)[C@]1(C[C@@H]1C)C(=O)OC[C@@H](NC(=O)c1nc3ccccc3cc1O)C(=O)N[C@@H](C)C(=O)N2C. The standard InChI is InChI=1S/C55H66N10O14S2/c1-26(2)81-51-42-50(75)65(10)55(22-28(55)4)53(77)79-24-35(60-45(70)40-38(66)19-31-15-11-13-17-33(31)58-40)43(68)56-29(5)47(72)62(7)37(25-80-51)49(74)64(9)54(21-27(54)3)52(76)78-23-36(44(69)57-30(6)48(73)63(42)8)61-46(71)41-39(67)20-32-16-12-14-18-34(32)59-41/h11-20,26-30,35-37,42,51,66-67H,21-25H2,1-10H3,(H,56,68)(H,57,69)(H,60,70)(H,61,71)/t27-,28-,29-,30-,35+,36+,37-,42+,51+,54-,55-/m0/s1. The number of rotatable bonds is 6. The molecule has 4 fully saturated rings. The van der Waals surface area contributed by atoms with Crippen molar-refractivity contribution in [3.63, 3.8) is 0 Å². The van der Waals surface area contributed by atoms with Crippen molar-refractivity contribution in [3.05, 3.63) is 72.1 Å². The Labute approximate surface area is 475 Å². The van der Waals surface area contributed by atoms with E-state index in [9.17, 15) is 48.6 Å². The number of carbonyl (C=O) groups excluding carboxylic acids is 10. The molecule has 24 nitrogen and oxygen atoms in total. The lowest BCUT2D eigenvalue weighted by Crippen LogP contribution is -2.61. The molecule has 2 spiro atoms. The Morgan fingerprint density at radius 1 is 0.654 bits per heavy atom. The lowest BCUT2D eigenvalue weighted by Gasteiger charge is -2.40. The quantitative estimate of drug-likeness (QED) is 0.149. The van der Waals surface area contributed by atoms with E-state index in [2.05, 4.69) is 31.2 Å². The summed E-state index contributed by atoms with van der Waals surface area (Å²) in [5.41, 5.74) is -3.61. The molecule has 11 atom stereocenters. The van der Waals surface area contributed by atoms with Crippen LogP contribution in [0.1, 0.15) is 75.4 Å². The number of thioether (sulfide) groups is 2. The van der Waals surface area contributed by atoms with Gasteiger partial charge in [0.25, 0.3) is 11.8 Å². The molecular formula is C55H66N10O14S2. The second-order valence-corrected chi connectivity index (χ2v) is 24.6. The number of carbonyl (C=O) groups is 10. The highest BCUT2D eigenvalue weighted by Crippen LogP contribution is 2.51. The summed E-state index contributed by atoms with van der Waals surface area (Å²) in [5.74, 6) is -11.7. The monoisotopic (exact) mass is 1150 g/mol. The maximum Gasteiger partial charge on any atom is 0.332 e. The van der Waals surface area contributed by atoms with Crippen molar-refractivity contribution in [2.45, 2.75) is 112 Å². The second kappa shape index (κ2) is 23.4. The summed E-state index contributed by atoms with van der Waals surface area (Å²) in [7, 11) is 5.38. The number of aromatic hydroxyl groups is 2. The van der Waals surface area contributed by atoms with Crippen LogP contribution in [0.2, 0.25) is 0 Å². The number of ether oxygens (including phenoxy) is 2. The number of pyridine rings is 2. The zero-order chi connectivity index (χ0) is 59.2. The van der Waals surface area contributed by atoms with Crippen molar-refractivity contribution in [1.29, 1.82) is 0 Å². The van der Waals surface area contributed by atoms with E-state index in [1.807, 2.05) is 13.8 Å². The van der Waals surface area contributed by atoms with Crippen LogP contribution in [0.15, 0.2) is 60.7 Å². The van der Waals surface area contributed by atoms with Crippen molar-refractivity contribution >= 4 is 105 Å². The lowest BCUT2D eigenvalue weighted by atomic mass is 10.1. The number of hydrogen-bond donors (Lipinski definition) is 6. The molecule has 0 radical (unpaired) electrons. The van der Waals surface area contributed by atoms with Gasteiger partial charge in [0.15, 0.2) is 11.4 Å². The number of likely N-dealkylation sites (N-methyl/N-ethyl adjacent to an activating group) is 4. The molecule has 2 aliphatic carbocycles. The minimum absolute atomic E-state index is 0.0674. The van der Waals surface area contributed by atoms with E-state index in [1.165, 1.54) is 70.8 Å². The maximum absolute atomic E-state index is 15.6. The summed E-state index contributed by atoms with van der Waals surface area (Å²) >= 11 is 2.31. The van der Waals surface area contributed by atoms with Crippen LogP contribution in [0.3, 0.4) is 0 Å². The van der Waals surface area contributed by atoms with Gasteiger partial charge in [-0.25, -0.2) is 19.6 Å². The van der Waals surface area contributed by atoms with Crippen molar-refractivity contribution in [2.24, 2.45) is 11.8 Å². The van der Waals surface area contributed by atoms with E-state index in [0.717, 1.165) is 26.5 Å². The maximum atomic E-state index is 15.6. The summed E-state index contributed by atoms with van der Waals surface area (Å²) in [6, 6.07) is 6.58. The number of nitrogens with zero attached hydrogens (tertiary/aromatic N) is 6. The third-order valence-electron chi connectivity index (χ3n) is 15.6. The highest BCUT2D eigenvalue weighted by molar-refractivity contribution is 8.17. The number of esters is 2. The molecule has 2 saturated heterocycles. The Morgan fingerprint density at radius 2 is 1.06 bits per heavy atom. The smallest absolute Gasteiger partial charge is 0.332 e. The van der Waals surface area contributed by atoms with Gasteiger partial charge in [-0.1, -0.05) is 64.1 Å². The van der Waals surface area contributed by atoms with Gasteiger partial charge in [0.05, 0.1) is 15.6 Å². The molecular weight excluding hydrogens is 1090 g/mol. The number of para-hydroxylation sites is 2. The number of nitrogens with one attached hydrogen (secondary N) is 4. The average Bonchev–Trinajstić information content (AvgIpc) is 3.47. The molecule has 2 aromatic carbocycles. The van der Waals surface area contributed by atoms with Crippen molar-refractivity contribution < 1.29 is 67.6 Å². The Balaban J connectivity index is 1.20. The largest absolute Gasteiger partial charge is 0.505 e. The molecule has 4 aromatic rings. The fourth-order valence-electron chi connectivity index (χ4n) is 10.5. The predicted octanol–water partition coefficient (Wildman–Crippen LogP) is 1.54. The highest BCUT2D eigenvalue weighted by atomic mass is 32.2. The van der Waals surface area contributed by atoms with Gasteiger partial charge >= 0.3 is 11.9 Å². The number of aromatic nitrogens is 2. The molecule has 2 bridgehead atoms. The Morgan fingerprint density at radius 3 is 1.48 bits per heavy atom. The summed E-state index contributed by atoms with van der Waals surface area (Å²) < 4.78 is 10.7. The Bertz CT molecular complexity index is 3240. The number of cyclic esters (lactones) is 2. The molecule has 432 valence electrons. The van der Waals surface area contributed by atoms with Crippen LogP contribution >= 0.6 is 23.5 Å². The normalized spacial score (nSPS) is 29.4. The average molecular weight is 1160 g/mol. The van der Waals surface area contributed by atoms with E-state index < -0.39 is 159 Å². The van der Waals surface area contributed by atoms with E-state index in [-0.39, 0.29) is 23.8 Å². The fraction of sp³-hybridized carbons (Fsp3) is 0.491. The molecule has 81 heavy (non-hydrogen) atoms. The van der Waals surface area contributed by atoms with Crippen molar-refractivity contribution in [2.75, 3.05) is 47.2 Å². The zero-order valence-electron chi connectivity index (χ0n) is 46.4. The van der Waals surface area contributed by atoms with Crippen LogP contribution in [0, 0.1) is 11.8 Å². The summed E-state index contributed by atoms with van der Waals surface area (Å²) in [6.45, 7) is 8.06. The zero-order valence-corrected chi connectivity index (χ0v) is 48.0. The Hall–Kier alpha value is -7.74. The van der Waals surface area contributed by atoms with Crippen LogP contribution in [-0.4, -0.2) is 203 Å². The van der Waals surface area contributed by atoms with Gasteiger partial charge in [0.1, 0.15) is 72.0 Å². The first-order valence-electron chi connectivity index (χ1n) is 26.3. The minimum Gasteiger partial charge on any atom is -0.505 e. The van der Waals surface area contributed by atoms with Crippen LogP contribution in [0.4, 0.5) is 0 Å². The van der Waals surface area contributed by atoms with Crippen molar-refractivity contribution in [3.8, 4) is 11.5 Å². The first-order valence-corrected chi connectivity index (χ1v) is 28.3. The van der Waals surface area contributed by atoms with Gasteiger partial charge in [-0.3, -0.25) is 38.4 Å². The first kappa shape index (κ1) is 59.4. The van der Waals surface area contributed by atoms with Crippen LogP contribution in [0.5, 0.6) is 11.5 Å². The van der Waals surface area contributed by atoms with E-state index in [0.29, 0.717) is 21.8 Å². The van der Waals surface area contributed by atoms with Crippen molar-refractivity contribution in [1.82, 2.24) is 50.8 Å².